The molecule has 0 amide bonds. The Bertz CT molecular complexity index is 554. The van der Waals surface area contributed by atoms with E-state index in [4.69, 9.17) is 10.2 Å². The van der Waals surface area contributed by atoms with Crippen LogP contribution in [0, 0.1) is 0 Å². The molecule has 0 aliphatic heterocycles. The van der Waals surface area contributed by atoms with Crippen LogP contribution < -0.4 is 0 Å². The lowest BCUT2D eigenvalue weighted by atomic mass is 10.1. The molecule has 0 radical (unpaired) electrons. The maximum Gasteiger partial charge on any atom is 0.415 e. The maximum atomic E-state index is 10.9. The van der Waals surface area contributed by atoms with Crippen molar-refractivity contribution in [2.45, 2.75) is 0 Å². The lowest BCUT2D eigenvalue weighted by Crippen LogP contribution is -2.05. The lowest BCUT2D eigenvalue weighted by molar-refractivity contribution is 0.197. The van der Waals surface area contributed by atoms with Crippen molar-refractivity contribution in [3.05, 3.63) is 42.1 Å². The molecule has 0 aliphatic carbocycles. The summed E-state index contributed by atoms with van der Waals surface area (Å²) >= 11 is 0. The zero-order chi connectivity index (χ0) is 11.5. The number of aromatic nitrogens is 1. The molecule has 2 N–H and O–H groups in total. The normalized spacial score (nSPS) is 11.3. The van der Waals surface area contributed by atoms with Crippen molar-refractivity contribution < 1.29 is 15.0 Å². The Kier molecular flexibility index (Phi) is 2.74. The van der Waals surface area contributed by atoms with Gasteiger partial charge in [-0.05, 0) is 17.7 Å². The van der Waals surface area contributed by atoms with Gasteiger partial charge in [0.05, 0.1) is 12.1 Å². The van der Waals surface area contributed by atoms with Gasteiger partial charge in [-0.25, -0.2) is 4.79 Å². The fourth-order valence-corrected chi connectivity index (χ4v) is 1.60. The van der Waals surface area contributed by atoms with Crippen LogP contribution in [0.3, 0.4) is 0 Å². The van der Waals surface area contributed by atoms with Crippen LogP contribution in [0.25, 0.3) is 17.0 Å². The molecule has 1 aromatic heterocycles. The van der Waals surface area contributed by atoms with Gasteiger partial charge in [-0.1, -0.05) is 24.3 Å². The van der Waals surface area contributed by atoms with Gasteiger partial charge < -0.3 is 10.2 Å². The van der Waals surface area contributed by atoms with Crippen molar-refractivity contribution in [3.63, 3.8) is 0 Å². The van der Waals surface area contributed by atoms with E-state index in [1.165, 1.54) is 10.8 Å². The lowest BCUT2D eigenvalue weighted by Gasteiger charge is -1.99. The molecule has 0 fully saturated rings. The standard InChI is InChI=1S/C12H11NO3/c14-7-1-2-9-3-4-10-5-6-13(12(15)16)11(10)8-9/h1-6,8,14H,7H2,(H,15,16). The topological polar surface area (TPSA) is 62.5 Å². The number of rotatable bonds is 2. The van der Waals surface area contributed by atoms with E-state index >= 15 is 0 Å². The van der Waals surface area contributed by atoms with Crippen LogP contribution in [-0.2, 0) is 0 Å². The van der Waals surface area contributed by atoms with E-state index in [1.54, 1.807) is 24.3 Å². The third-order valence-electron chi connectivity index (χ3n) is 2.34. The second kappa shape index (κ2) is 4.20. The number of carbonyl (C=O) groups is 1. The van der Waals surface area contributed by atoms with E-state index < -0.39 is 6.09 Å². The molecule has 82 valence electrons. The molecule has 0 saturated carbocycles. The maximum absolute atomic E-state index is 10.9. The number of carboxylic acid groups (broad SMARTS) is 1. The molecule has 0 bridgehead atoms. The minimum atomic E-state index is -1.00. The third kappa shape index (κ3) is 1.83. The van der Waals surface area contributed by atoms with Crippen LogP contribution in [0.1, 0.15) is 5.56 Å². The summed E-state index contributed by atoms with van der Waals surface area (Å²) in [4.78, 5) is 10.9. The summed E-state index contributed by atoms with van der Waals surface area (Å²) in [5, 5.41) is 18.5. The zero-order valence-electron chi connectivity index (χ0n) is 8.50. The predicted molar refractivity (Wildman–Crippen MR) is 61.5 cm³/mol. The molecule has 16 heavy (non-hydrogen) atoms. The molecule has 0 atom stereocenters. The molecular formula is C12H11NO3. The average Bonchev–Trinajstić information content (AvgIpc) is 2.69. The molecule has 0 aliphatic rings. The molecule has 2 rings (SSSR count). The molecule has 0 spiro atoms. The van der Waals surface area contributed by atoms with Crippen LogP contribution in [0.15, 0.2) is 36.5 Å². The molecule has 1 heterocycles. The Morgan fingerprint density at radius 2 is 2.19 bits per heavy atom. The van der Waals surface area contributed by atoms with Gasteiger partial charge in [0.2, 0.25) is 0 Å². The second-order valence-electron chi connectivity index (χ2n) is 3.37. The van der Waals surface area contributed by atoms with Crippen molar-refractivity contribution in [3.8, 4) is 0 Å². The van der Waals surface area contributed by atoms with Crippen LogP contribution in [0.5, 0.6) is 0 Å². The van der Waals surface area contributed by atoms with Crippen LogP contribution in [0.4, 0.5) is 4.79 Å². The highest BCUT2D eigenvalue weighted by molar-refractivity contribution is 5.90. The van der Waals surface area contributed by atoms with E-state index in [0.29, 0.717) is 5.52 Å². The van der Waals surface area contributed by atoms with Crippen molar-refractivity contribution >= 4 is 23.1 Å². The molecular weight excluding hydrogens is 206 g/mol. The summed E-state index contributed by atoms with van der Waals surface area (Å²) in [6, 6.07) is 7.26. The monoisotopic (exact) mass is 217 g/mol. The van der Waals surface area contributed by atoms with Gasteiger partial charge in [-0.3, -0.25) is 4.57 Å². The van der Waals surface area contributed by atoms with Crippen molar-refractivity contribution in [2.24, 2.45) is 0 Å². The first-order valence-corrected chi connectivity index (χ1v) is 4.84. The molecule has 1 aromatic carbocycles. The summed E-state index contributed by atoms with van der Waals surface area (Å²) in [6.07, 6.45) is 3.87. The Labute approximate surface area is 92.1 Å². The summed E-state index contributed by atoms with van der Waals surface area (Å²) in [5.74, 6) is 0. The number of aliphatic hydroxyl groups excluding tert-OH is 1. The number of aliphatic hydroxyl groups is 1. The number of fused-ring (bicyclic) bond motifs is 1. The highest BCUT2D eigenvalue weighted by Gasteiger charge is 2.06. The van der Waals surface area contributed by atoms with E-state index in [9.17, 15) is 4.79 Å². The second-order valence-corrected chi connectivity index (χ2v) is 3.37. The smallest absolute Gasteiger partial charge is 0.415 e. The van der Waals surface area contributed by atoms with Crippen LogP contribution >= 0.6 is 0 Å². The third-order valence-corrected chi connectivity index (χ3v) is 2.34. The zero-order valence-corrected chi connectivity index (χ0v) is 8.50. The molecule has 0 saturated heterocycles. The SMILES string of the molecule is O=C(O)n1ccc2ccc(C=CCO)cc21. The molecule has 4 heteroatoms. The Morgan fingerprint density at radius 1 is 1.38 bits per heavy atom. The molecule has 2 aromatic rings. The first-order chi connectivity index (χ1) is 7.72. The highest BCUT2D eigenvalue weighted by Crippen LogP contribution is 2.18. The predicted octanol–water partition coefficient (Wildman–Crippen LogP) is 2.17. The summed E-state index contributed by atoms with van der Waals surface area (Å²) in [6.45, 7) is -0.0298. The fourth-order valence-electron chi connectivity index (χ4n) is 1.60. The Balaban J connectivity index is 2.54. The Hall–Kier alpha value is -2.07. The highest BCUT2D eigenvalue weighted by atomic mass is 16.4. The van der Waals surface area contributed by atoms with Gasteiger partial charge >= 0.3 is 6.09 Å². The van der Waals surface area contributed by atoms with E-state index in [-0.39, 0.29) is 6.61 Å². The quantitative estimate of drug-likeness (QED) is 0.810. The number of nitrogens with zero attached hydrogens (tertiary/aromatic N) is 1. The Morgan fingerprint density at radius 3 is 2.88 bits per heavy atom. The van der Waals surface area contributed by atoms with Crippen LogP contribution in [-0.4, -0.2) is 27.5 Å². The van der Waals surface area contributed by atoms with Gasteiger partial charge in [-0.2, -0.15) is 0 Å². The minimum absolute atomic E-state index is 0.0298. The average molecular weight is 217 g/mol. The van der Waals surface area contributed by atoms with Gasteiger partial charge in [-0.15, -0.1) is 0 Å². The van der Waals surface area contributed by atoms with Gasteiger partial charge in [0, 0.05) is 11.6 Å². The number of benzene rings is 1. The van der Waals surface area contributed by atoms with Crippen molar-refractivity contribution in [1.82, 2.24) is 4.57 Å². The first kappa shape index (κ1) is 10.4. The fraction of sp³-hybridized carbons (Fsp3) is 0.0833. The largest absolute Gasteiger partial charge is 0.464 e. The first-order valence-electron chi connectivity index (χ1n) is 4.84. The van der Waals surface area contributed by atoms with Gasteiger partial charge in [0.1, 0.15) is 0 Å². The van der Waals surface area contributed by atoms with E-state index in [0.717, 1.165) is 10.9 Å². The summed E-state index contributed by atoms with van der Waals surface area (Å²) in [7, 11) is 0. The van der Waals surface area contributed by atoms with Gasteiger partial charge in [0.15, 0.2) is 0 Å². The summed E-state index contributed by atoms with van der Waals surface area (Å²) < 4.78 is 1.17. The molecule has 4 nitrogen and oxygen atoms in total. The number of hydrogen-bond donors (Lipinski definition) is 2. The van der Waals surface area contributed by atoms with Crippen LogP contribution in [0.2, 0.25) is 0 Å². The van der Waals surface area contributed by atoms with E-state index in [1.807, 2.05) is 12.1 Å². The van der Waals surface area contributed by atoms with Gasteiger partial charge in [0.25, 0.3) is 0 Å². The number of hydrogen-bond acceptors (Lipinski definition) is 2. The van der Waals surface area contributed by atoms with Crippen molar-refractivity contribution in [1.29, 1.82) is 0 Å². The summed E-state index contributed by atoms with van der Waals surface area (Å²) in [5.41, 5.74) is 1.51. The van der Waals surface area contributed by atoms with E-state index in [2.05, 4.69) is 0 Å². The molecule has 0 unspecified atom stereocenters. The minimum Gasteiger partial charge on any atom is -0.464 e. The van der Waals surface area contributed by atoms with Crippen molar-refractivity contribution in [2.75, 3.05) is 6.61 Å².